The summed E-state index contributed by atoms with van der Waals surface area (Å²) in [6, 6.07) is 73.6. The van der Waals surface area contributed by atoms with E-state index in [1.165, 1.54) is 33.4 Å². The molecule has 0 saturated heterocycles. The van der Waals surface area contributed by atoms with Crippen LogP contribution in [-0.4, -0.2) is 0 Å². The third kappa shape index (κ3) is 5.67. The standard InChI is InChI=1S/C57H40N2O2/c1-57(2)51-33-38(37-21-24-41(25-22-37)58(39-13-5-3-6-14-39)43-27-31-49-47-17-9-11-19-53(47)60-55(49)35-43)23-29-45(51)46-30-26-42(34-52(46)57)59(40-15-7-4-8-16-40)44-28-32-50-48-18-10-12-20-54(48)61-56(50)36-44/h3-36H,1-2H3. The molecule has 0 bridgehead atoms. The predicted molar refractivity (Wildman–Crippen MR) is 253 cm³/mol. The van der Waals surface area contributed by atoms with Crippen molar-refractivity contribution in [1.29, 1.82) is 0 Å². The van der Waals surface area contributed by atoms with Crippen LogP contribution < -0.4 is 9.80 Å². The van der Waals surface area contributed by atoms with E-state index in [2.05, 4.69) is 206 Å². The van der Waals surface area contributed by atoms with Crippen molar-refractivity contribution in [3.05, 3.63) is 217 Å². The quantitative estimate of drug-likeness (QED) is 0.161. The largest absolute Gasteiger partial charge is 0.456 e. The van der Waals surface area contributed by atoms with Gasteiger partial charge in [-0.2, -0.15) is 0 Å². The molecule has 290 valence electrons. The second-order valence-electron chi connectivity index (χ2n) is 16.6. The van der Waals surface area contributed by atoms with Crippen LogP contribution in [-0.2, 0) is 5.41 Å². The van der Waals surface area contributed by atoms with Crippen LogP contribution in [0.5, 0.6) is 0 Å². The van der Waals surface area contributed by atoms with Crippen molar-refractivity contribution in [2.75, 3.05) is 9.80 Å². The van der Waals surface area contributed by atoms with E-state index in [1.807, 2.05) is 24.3 Å². The first-order chi connectivity index (χ1) is 30.0. The number of nitrogens with zero attached hydrogens (tertiary/aromatic N) is 2. The molecule has 11 aromatic rings. The molecule has 0 aliphatic heterocycles. The van der Waals surface area contributed by atoms with Crippen LogP contribution in [0.25, 0.3) is 66.1 Å². The molecule has 1 aliphatic carbocycles. The zero-order valence-electron chi connectivity index (χ0n) is 33.8. The van der Waals surface area contributed by atoms with Crippen molar-refractivity contribution in [2.24, 2.45) is 0 Å². The highest BCUT2D eigenvalue weighted by Gasteiger charge is 2.36. The highest BCUT2D eigenvalue weighted by molar-refractivity contribution is 6.07. The van der Waals surface area contributed by atoms with Crippen molar-refractivity contribution in [2.45, 2.75) is 19.3 Å². The first kappa shape index (κ1) is 35.2. The lowest BCUT2D eigenvalue weighted by molar-refractivity contribution is 0.660. The van der Waals surface area contributed by atoms with Crippen LogP contribution in [0.2, 0.25) is 0 Å². The van der Waals surface area contributed by atoms with E-state index in [4.69, 9.17) is 8.83 Å². The molecule has 61 heavy (non-hydrogen) atoms. The summed E-state index contributed by atoms with van der Waals surface area (Å²) in [5, 5.41) is 4.51. The Balaban J connectivity index is 0.891. The average molecular weight is 785 g/mol. The second-order valence-corrected chi connectivity index (χ2v) is 16.6. The molecule has 0 spiro atoms. The van der Waals surface area contributed by atoms with E-state index < -0.39 is 0 Å². The molecule has 1 aliphatic rings. The van der Waals surface area contributed by atoms with Gasteiger partial charge in [0.05, 0.1) is 0 Å². The van der Waals surface area contributed by atoms with Crippen LogP contribution in [0.3, 0.4) is 0 Å². The zero-order valence-corrected chi connectivity index (χ0v) is 33.8. The van der Waals surface area contributed by atoms with E-state index in [0.717, 1.165) is 78.0 Å². The number of para-hydroxylation sites is 4. The van der Waals surface area contributed by atoms with Crippen LogP contribution in [0.15, 0.2) is 215 Å². The zero-order chi connectivity index (χ0) is 40.7. The van der Waals surface area contributed by atoms with Crippen molar-refractivity contribution < 1.29 is 8.83 Å². The van der Waals surface area contributed by atoms with Gasteiger partial charge >= 0.3 is 0 Å². The molecule has 4 heteroatoms. The fourth-order valence-corrected chi connectivity index (χ4v) is 9.60. The Morgan fingerprint density at radius 3 is 1.28 bits per heavy atom. The molecule has 0 fully saturated rings. The van der Waals surface area contributed by atoms with E-state index >= 15 is 0 Å². The third-order valence-electron chi connectivity index (χ3n) is 12.6. The molecule has 2 heterocycles. The number of hydrogen-bond donors (Lipinski definition) is 0. The molecule has 12 rings (SSSR count). The molecule has 0 radical (unpaired) electrons. The first-order valence-corrected chi connectivity index (χ1v) is 20.9. The van der Waals surface area contributed by atoms with Gasteiger partial charge in [0.25, 0.3) is 0 Å². The molecule has 4 nitrogen and oxygen atoms in total. The van der Waals surface area contributed by atoms with Gasteiger partial charge in [-0.3, -0.25) is 0 Å². The summed E-state index contributed by atoms with van der Waals surface area (Å²) in [6.45, 7) is 4.72. The Morgan fingerprint density at radius 1 is 0.311 bits per heavy atom. The van der Waals surface area contributed by atoms with E-state index in [-0.39, 0.29) is 5.41 Å². The summed E-state index contributed by atoms with van der Waals surface area (Å²) >= 11 is 0. The smallest absolute Gasteiger partial charge is 0.137 e. The van der Waals surface area contributed by atoms with Crippen molar-refractivity contribution >= 4 is 78.0 Å². The minimum absolute atomic E-state index is 0.221. The fourth-order valence-electron chi connectivity index (χ4n) is 9.60. The molecule has 9 aromatic carbocycles. The lowest BCUT2D eigenvalue weighted by Gasteiger charge is -2.28. The monoisotopic (exact) mass is 784 g/mol. The molecule has 0 unspecified atom stereocenters. The maximum absolute atomic E-state index is 6.36. The van der Waals surface area contributed by atoms with Crippen molar-refractivity contribution in [3.63, 3.8) is 0 Å². The number of furan rings is 2. The van der Waals surface area contributed by atoms with Gasteiger partial charge < -0.3 is 18.6 Å². The lowest BCUT2D eigenvalue weighted by Crippen LogP contribution is -2.16. The number of anilines is 6. The summed E-state index contributed by atoms with van der Waals surface area (Å²) in [4.78, 5) is 4.64. The van der Waals surface area contributed by atoms with Gasteiger partial charge in [0.2, 0.25) is 0 Å². The number of rotatable bonds is 7. The van der Waals surface area contributed by atoms with Crippen LogP contribution in [0.4, 0.5) is 34.1 Å². The van der Waals surface area contributed by atoms with Gasteiger partial charge in [-0.15, -0.1) is 0 Å². The van der Waals surface area contributed by atoms with Crippen molar-refractivity contribution in [1.82, 2.24) is 0 Å². The van der Waals surface area contributed by atoms with Crippen molar-refractivity contribution in [3.8, 4) is 22.3 Å². The maximum atomic E-state index is 6.36. The Kier molecular flexibility index (Phi) is 7.85. The van der Waals surface area contributed by atoms with Gasteiger partial charge in [-0.25, -0.2) is 0 Å². The van der Waals surface area contributed by atoms with Gasteiger partial charge in [0, 0.05) is 73.2 Å². The molecule has 0 atom stereocenters. The summed E-state index contributed by atoms with van der Waals surface area (Å²) in [5.41, 5.74) is 17.4. The summed E-state index contributed by atoms with van der Waals surface area (Å²) in [6.07, 6.45) is 0. The first-order valence-electron chi connectivity index (χ1n) is 20.9. The number of benzene rings is 9. The predicted octanol–water partition coefficient (Wildman–Crippen LogP) is 16.4. The SMILES string of the molecule is CC1(C)c2cc(-c3ccc(N(c4ccccc4)c4ccc5c(c4)oc4ccccc45)cc3)ccc2-c2ccc(N(c3ccccc3)c3ccc4c(c3)oc3ccccc34)cc21. The minimum Gasteiger partial charge on any atom is -0.456 e. The van der Waals surface area contributed by atoms with E-state index in [1.54, 1.807) is 0 Å². The Morgan fingerprint density at radius 2 is 0.705 bits per heavy atom. The van der Waals surface area contributed by atoms with Gasteiger partial charge in [0.1, 0.15) is 22.3 Å². The number of fused-ring (bicyclic) bond motifs is 9. The Bertz CT molecular complexity index is 3450. The molecular formula is C57H40N2O2. The summed E-state index contributed by atoms with van der Waals surface area (Å²) in [7, 11) is 0. The Labute approximate surface area is 354 Å². The van der Waals surface area contributed by atoms with Crippen LogP contribution in [0, 0.1) is 0 Å². The average Bonchev–Trinajstić information content (AvgIpc) is 3.94. The molecule has 2 aromatic heterocycles. The minimum atomic E-state index is -0.221. The molecule has 0 saturated carbocycles. The molecule has 0 N–H and O–H groups in total. The summed E-state index contributed by atoms with van der Waals surface area (Å²) in [5.74, 6) is 0. The normalized spacial score (nSPS) is 12.9. The molecule has 0 amide bonds. The highest BCUT2D eigenvalue weighted by Crippen LogP contribution is 2.52. The third-order valence-corrected chi connectivity index (χ3v) is 12.6. The fraction of sp³-hybridized carbons (Fsp3) is 0.0526. The topological polar surface area (TPSA) is 32.8 Å². The molecular weight excluding hydrogens is 745 g/mol. The van der Waals surface area contributed by atoms with Gasteiger partial charge in [-0.1, -0.05) is 117 Å². The van der Waals surface area contributed by atoms with Crippen LogP contribution in [0.1, 0.15) is 25.0 Å². The highest BCUT2D eigenvalue weighted by atomic mass is 16.3. The Hall–Kier alpha value is -7.82. The maximum Gasteiger partial charge on any atom is 0.137 e. The van der Waals surface area contributed by atoms with Gasteiger partial charge in [-0.05, 0) is 124 Å². The second kappa shape index (κ2) is 13.6. The summed E-state index contributed by atoms with van der Waals surface area (Å²) < 4.78 is 12.7. The van der Waals surface area contributed by atoms with E-state index in [9.17, 15) is 0 Å². The van der Waals surface area contributed by atoms with Gasteiger partial charge in [0.15, 0.2) is 0 Å². The number of hydrogen-bond acceptors (Lipinski definition) is 4. The van der Waals surface area contributed by atoms with E-state index in [0.29, 0.717) is 0 Å². The lowest BCUT2D eigenvalue weighted by atomic mass is 9.81. The van der Waals surface area contributed by atoms with Crippen LogP contribution >= 0.6 is 0 Å².